The Bertz CT molecular complexity index is 497. The van der Waals surface area contributed by atoms with E-state index in [9.17, 15) is 12.8 Å². The zero-order valence-corrected chi connectivity index (χ0v) is 12.2. The Kier molecular flexibility index (Phi) is 7.93. The fraction of sp³-hybridized carbons (Fsp3) is 0.455. The number of sulfonamides is 1. The Labute approximate surface area is 118 Å². The first-order valence-corrected chi connectivity index (χ1v) is 7.03. The van der Waals surface area contributed by atoms with E-state index in [1.807, 2.05) is 0 Å². The smallest absolute Gasteiger partial charge is 0.240 e. The van der Waals surface area contributed by atoms with Gasteiger partial charge >= 0.3 is 0 Å². The molecule has 0 aromatic heterocycles. The largest absolute Gasteiger partial charge is 0.494 e. The Balaban J connectivity index is 0.00000324. The molecule has 0 spiro atoms. The number of hydrogen-bond donors (Lipinski definition) is 2. The van der Waals surface area contributed by atoms with Crippen molar-refractivity contribution in [2.45, 2.75) is 17.7 Å². The average Bonchev–Trinajstić information content (AvgIpc) is 2.34. The lowest BCUT2D eigenvalue weighted by Crippen LogP contribution is -2.25. The van der Waals surface area contributed by atoms with Crippen molar-refractivity contribution in [1.82, 2.24) is 4.72 Å². The van der Waals surface area contributed by atoms with Gasteiger partial charge in [0.15, 0.2) is 11.6 Å². The first-order valence-electron chi connectivity index (χ1n) is 5.54. The average molecular weight is 313 g/mol. The van der Waals surface area contributed by atoms with Gasteiger partial charge in [-0.05, 0) is 37.6 Å². The molecule has 1 rings (SSSR count). The molecule has 0 unspecified atom stereocenters. The van der Waals surface area contributed by atoms with Crippen molar-refractivity contribution in [2.75, 3.05) is 20.2 Å². The molecule has 0 radical (unpaired) electrons. The minimum Gasteiger partial charge on any atom is -0.494 e. The van der Waals surface area contributed by atoms with Gasteiger partial charge in [-0.1, -0.05) is 0 Å². The molecule has 0 saturated carbocycles. The van der Waals surface area contributed by atoms with Gasteiger partial charge in [0.1, 0.15) is 0 Å². The molecule has 0 fully saturated rings. The summed E-state index contributed by atoms with van der Waals surface area (Å²) in [5.41, 5.74) is 5.30. The summed E-state index contributed by atoms with van der Waals surface area (Å²) in [6.07, 6.45) is 1.38. The number of rotatable bonds is 7. The summed E-state index contributed by atoms with van der Waals surface area (Å²) < 4.78 is 44.1. The molecule has 110 valence electrons. The van der Waals surface area contributed by atoms with Crippen LogP contribution in [0.25, 0.3) is 0 Å². The van der Waals surface area contributed by atoms with Crippen LogP contribution in [0.15, 0.2) is 23.1 Å². The highest BCUT2D eigenvalue weighted by Crippen LogP contribution is 2.20. The number of nitrogens with one attached hydrogen (secondary N) is 1. The van der Waals surface area contributed by atoms with Gasteiger partial charge < -0.3 is 10.5 Å². The van der Waals surface area contributed by atoms with Crippen molar-refractivity contribution in [2.24, 2.45) is 5.73 Å². The third-order valence-electron chi connectivity index (χ3n) is 2.36. The van der Waals surface area contributed by atoms with Gasteiger partial charge in [-0.15, -0.1) is 12.4 Å². The van der Waals surface area contributed by atoms with Gasteiger partial charge in [0, 0.05) is 6.54 Å². The fourth-order valence-electron chi connectivity index (χ4n) is 1.37. The molecule has 0 amide bonds. The number of unbranched alkanes of at least 4 members (excludes halogenated alkanes) is 1. The molecule has 19 heavy (non-hydrogen) atoms. The first-order chi connectivity index (χ1) is 8.51. The number of halogens is 2. The van der Waals surface area contributed by atoms with Crippen molar-refractivity contribution in [3.05, 3.63) is 24.0 Å². The number of methoxy groups -OCH3 is 1. The van der Waals surface area contributed by atoms with Crippen LogP contribution in [0.2, 0.25) is 0 Å². The minimum absolute atomic E-state index is 0. The van der Waals surface area contributed by atoms with E-state index in [0.717, 1.165) is 12.5 Å². The van der Waals surface area contributed by atoms with Crippen molar-refractivity contribution >= 4 is 22.4 Å². The summed E-state index contributed by atoms with van der Waals surface area (Å²) in [4.78, 5) is -0.117. The van der Waals surface area contributed by atoms with Gasteiger partial charge in [0.25, 0.3) is 0 Å². The molecule has 3 N–H and O–H groups in total. The van der Waals surface area contributed by atoms with E-state index in [1.54, 1.807) is 0 Å². The second-order valence-corrected chi connectivity index (χ2v) is 5.46. The first kappa shape index (κ1) is 18.1. The molecule has 0 atom stereocenters. The van der Waals surface area contributed by atoms with Crippen LogP contribution in [0.4, 0.5) is 4.39 Å². The number of ether oxygens (including phenoxy) is 1. The van der Waals surface area contributed by atoms with Crippen LogP contribution in [0.5, 0.6) is 5.75 Å². The molecule has 0 aliphatic carbocycles. The predicted molar refractivity (Wildman–Crippen MR) is 73.7 cm³/mol. The van der Waals surface area contributed by atoms with Gasteiger partial charge in [0.2, 0.25) is 10.0 Å². The van der Waals surface area contributed by atoms with Crippen LogP contribution in [0, 0.1) is 5.82 Å². The van der Waals surface area contributed by atoms with Crippen molar-refractivity contribution in [1.29, 1.82) is 0 Å². The lowest BCUT2D eigenvalue weighted by atomic mass is 10.3. The summed E-state index contributed by atoms with van der Waals surface area (Å²) in [7, 11) is -2.36. The summed E-state index contributed by atoms with van der Waals surface area (Å²) in [5, 5.41) is 0. The van der Waals surface area contributed by atoms with Gasteiger partial charge in [-0.25, -0.2) is 17.5 Å². The van der Waals surface area contributed by atoms with E-state index in [1.165, 1.54) is 19.2 Å². The van der Waals surface area contributed by atoms with Gasteiger partial charge in [-0.3, -0.25) is 0 Å². The van der Waals surface area contributed by atoms with E-state index in [2.05, 4.69) is 4.72 Å². The summed E-state index contributed by atoms with van der Waals surface area (Å²) in [6.45, 7) is 0.798. The quantitative estimate of drug-likeness (QED) is 0.743. The Morgan fingerprint density at radius 3 is 2.58 bits per heavy atom. The maximum absolute atomic E-state index is 13.4. The topological polar surface area (TPSA) is 81.4 Å². The molecule has 1 aromatic carbocycles. The van der Waals surface area contributed by atoms with Crippen molar-refractivity contribution < 1.29 is 17.5 Å². The molecule has 0 aliphatic rings. The van der Waals surface area contributed by atoms with Crippen LogP contribution < -0.4 is 15.2 Å². The van der Waals surface area contributed by atoms with Crippen LogP contribution in [-0.4, -0.2) is 28.6 Å². The molecular weight excluding hydrogens is 295 g/mol. The van der Waals surface area contributed by atoms with Crippen LogP contribution >= 0.6 is 12.4 Å². The summed E-state index contributed by atoms with van der Waals surface area (Å²) >= 11 is 0. The zero-order valence-electron chi connectivity index (χ0n) is 10.6. The number of nitrogens with two attached hydrogens (primary N) is 1. The van der Waals surface area contributed by atoms with Crippen molar-refractivity contribution in [3.8, 4) is 5.75 Å². The molecule has 0 bridgehead atoms. The van der Waals surface area contributed by atoms with E-state index in [0.29, 0.717) is 13.0 Å². The predicted octanol–water partition coefficient (Wildman–Crippen LogP) is 1.27. The van der Waals surface area contributed by atoms with Crippen LogP contribution in [0.1, 0.15) is 12.8 Å². The molecule has 8 heteroatoms. The monoisotopic (exact) mass is 312 g/mol. The number of benzene rings is 1. The van der Waals surface area contributed by atoms with Gasteiger partial charge in [-0.2, -0.15) is 0 Å². The second-order valence-electron chi connectivity index (χ2n) is 3.69. The van der Waals surface area contributed by atoms with Crippen LogP contribution in [-0.2, 0) is 10.0 Å². The lowest BCUT2D eigenvalue weighted by molar-refractivity contribution is 0.385. The van der Waals surface area contributed by atoms with E-state index >= 15 is 0 Å². The highest BCUT2D eigenvalue weighted by molar-refractivity contribution is 7.89. The number of hydrogen-bond acceptors (Lipinski definition) is 4. The molecular formula is C11H18ClFN2O3S. The van der Waals surface area contributed by atoms with E-state index < -0.39 is 15.8 Å². The highest BCUT2D eigenvalue weighted by atomic mass is 35.5. The normalized spacial score (nSPS) is 10.9. The zero-order chi connectivity index (χ0) is 13.6. The van der Waals surface area contributed by atoms with Crippen LogP contribution in [0.3, 0.4) is 0 Å². The SMILES string of the molecule is COc1ccc(S(=O)(=O)NCCCCN)cc1F.Cl. The Morgan fingerprint density at radius 1 is 1.37 bits per heavy atom. The molecule has 1 aromatic rings. The lowest BCUT2D eigenvalue weighted by Gasteiger charge is -2.08. The Hall–Kier alpha value is -0.890. The fourth-order valence-corrected chi connectivity index (χ4v) is 2.46. The minimum atomic E-state index is -3.67. The van der Waals surface area contributed by atoms with Crippen molar-refractivity contribution in [3.63, 3.8) is 0 Å². The third kappa shape index (κ3) is 5.32. The van der Waals surface area contributed by atoms with E-state index in [-0.39, 0.29) is 29.6 Å². The second kappa shape index (κ2) is 8.31. The summed E-state index contributed by atoms with van der Waals surface area (Å²) in [5.74, 6) is -0.695. The maximum Gasteiger partial charge on any atom is 0.240 e. The molecule has 0 heterocycles. The molecule has 5 nitrogen and oxygen atoms in total. The molecule has 0 saturated heterocycles. The Morgan fingerprint density at radius 2 is 2.05 bits per heavy atom. The van der Waals surface area contributed by atoms with E-state index in [4.69, 9.17) is 10.5 Å². The summed E-state index contributed by atoms with van der Waals surface area (Å²) in [6, 6.07) is 3.51. The molecule has 0 aliphatic heterocycles. The highest BCUT2D eigenvalue weighted by Gasteiger charge is 2.15. The van der Waals surface area contributed by atoms with Gasteiger partial charge in [0.05, 0.1) is 12.0 Å². The third-order valence-corrected chi connectivity index (χ3v) is 3.82. The maximum atomic E-state index is 13.4. The standard InChI is InChI=1S/C11H17FN2O3S.ClH/c1-17-11-5-4-9(8-10(11)12)18(15,16)14-7-3-2-6-13;/h4-5,8,14H,2-3,6-7,13H2,1H3;1H.